The number of hydrogen-bond donors (Lipinski definition) is 0. The van der Waals surface area contributed by atoms with E-state index in [4.69, 9.17) is 11.6 Å². The maximum Gasteiger partial charge on any atom is 0.267 e. The van der Waals surface area contributed by atoms with Crippen molar-refractivity contribution in [3.8, 4) is 0 Å². The molecule has 0 spiro atoms. The van der Waals surface area contributed by atoms with Gasteiger partial charge in [-0.3, -0.25) is 14.5 Å². The third kappa shape index (κ3) is 2.51. The number of likely N-dealkylation sites (N-methyl/N-ethyl adjacent to an activating group) is 2. The molecule has 1 aromatic heterocycles. The maximum atomic E-state index is 12.8. The number of halogens is 1. The number of aliphatic imine (C=N–C) groups is 1. The van der Waals surface area contributed by atoms with Crippen LogP contribution in [0.1, 0.15) is 5.56 Å². The second-order valence-electron chi connectivity index (χ2n) is 5.76. The molecular formula is C18H13ClN4O2S. The molecule has 0 radical (unpaired) electrons. The van der Waals surface area contributed by atoms with Crippen LogP contribution in [0.2, 0.25) is 5.15 Å². The molecule has 2 aliphatic rings. The quantitative estimate of drug-likeness (QED) is 0.559. The highest BCUT2D eigenvalue weighted by Crippen LogP contribution is 2.44. The van der Waals surface area contributed by atoms with Crippen molar-refractivity contribution in [2.24, 2.45) is 4.99 Å². The molecule has 2 aliphatic heterocycles. The molecule has 6 nitrogen and oxygen atoms in total. The number of amidine groups is 1. The minimum atomic E-state index is -0.262. The van der Waals surface area contributed by atoms with E-state index < -0.39 is 0 Å². The summed E-state index contributed by atoms with van der Waals surface area (Å²) in [7, 11) is 3.33. The van der Waals surface area contributed by atoms with E-state index in [0.717, 1.165) is 11.3 Å². The summed E-state index contributed by atoms with van der Waals surface area (Å²) in [6.45, 7) is 0. The first-order valence-corrected chi connectivity index (χ1v) is 8.95. The number of pyridine rings is 1. The van der Waals surface area contributed by atoms with Crippen LogP contribution < -0.4 is 4.90 Å². The summed E-state index contributed by atoms with van der Waals surface area (Å²) >= 11 is 7.22. The molecule has 0 bridgehead atoms. The highest BCUT2D eigenvalue weighted by Gasteiger charge is 2.40. The highest BCUT2D eigenvalue weighted by atomic mass is 35.5. The van der Waals surface area contributed by atoms with Gasteiger partial charge in [-0.05, 0) is 30.0 Å². The number of nitrogens with zero attached hydrogens (tertiary/aromatic N) is 4. The molecule has 26 heavy (non-hydrogen) atoms. The van der Waals surface area contributed by atoms with E-state index >= 15 is 0 Å². The minimum Gasteiger partial charge on any atom is -0.311 e. The van der Waals surface area contributed by atoms with Gasteiger partial charge in [0.15, 0.2) is 10.3 Å². The van der Waals surface area contributed by atoms with Gasteiger partial charge < -0.3 is 4.90 Å². The van der Waals surface area contributed by atoms with E-state index in [1.165, 1.54) is 16.7 Å². The maximum absolute atomic E-state index is 12.8. The van der Waals surface area contributed by atoms with Crippen LogP contribution in [0.3, 0.4) is 0 Å². The van der Waals surface area contributed by atoms with Gasteiger partial charge in [-0.2, -0.15) is 0 Å². The summed E-state index contributed by atoms with van der Waals surface area (Å²) in [5.41, 5.74) is 2.42. The molecule has 0 saturated carbocycles. The fourth-order valence-corrected chi connectivity index (χ4v) is 4.08. The average Bonchev–Trinajstić information content (AvgIpc) is 3.06. The normalized spacial score (nSPS) is 21.1. The number of benzene rings is 1. The Hall–Kier alpha value is -2.64. The van der Waals surface area contributed by atoms with Crippen LogP contribution >= 0.6 is 23.4 Å². The van der Waals surface area contributed by atoms with Crippen molar-refractivity contribution < 1.29 is 9.59 Å². The van der Waals surface area contributed by atoms with E-state index in [0.29, 0.717) is 21.3 Å². The Morgan fingerprint density at radius 2 is 1.81 bits per heavy atom. The number of amides is 2. The molecule has 0 aliphatic carbocycles. The Kier molecular flexibility index (Phi) is 4.05. The Morgan fingerprint density at radius 1 is 1.04 bits per heavy atom. The zero-order valence-corrected chi connectivity index (χ0v) is 15.5. The first kappa shape index (κ1) is 16.8. The SMILES string of the molecule is CN1C(=O)/C(=C2/C(=O)N(C)c3ccccc32)SC1=Nc1cccnc1Cl. The van der Waals surface area contributed by atoms with Gasteiger partial charge in [-0.1, -0.05) is 29.8 Å². The summed E-state index contributed by atoms with van der Waals surface area (Å²) in [5, 5.41) is 0.705. The standard InChI is InChI=1S/C18H13ClN4O2S/c1-22-12-8-4-3-6-10(12)13(16(22)24)14-17(25)23(2)18(26-14)21-11-7-5-9-20-15(11)19/h3-9H,1-2H3/b14-13-,21-18?. The Balaban J connectivity index is 1.83. The monoisotopic (exact) mass is 384 g/mol. The number of rotatable bonds is 1. The van der Waals surface area contributed by atoms with E-state index in [1.54, 1.807) is 37.3 Å². The molecule has 1 saturated heterocycles. The molecule has 130 valence electrons. The molecule has 2 amide bonds. The molecule has 0 unspecified atom stereocenters. The fraction of sp³-hybridized carbons (Fsp3) is 0.111. The summed E-state index contributed by atoms with van der Waals surface area (Å²) in [4.78, 5) is 37.3. The Labute approximate surface area is 159 Å². The summed E-state index contributed by atoms with van der Waals surface area (Å²) in [6.07, 6.45) is 1.57. The van der Waals surface area contributed by atoms with Crippen LogP contribution in [0.15, 0.2) is 52.5 Å². The lowest BCUT2D eigenvalue weighted by Crippen LogP contribution is -2.25. The number of hydrogen-bond acceptors (Lipinski definition) is 5. The van der Waals surface area contributed by atoms with Crippen molar-refractivity contribution in [1.29, 1.82) is 0 Å². The number of thioether (sulfide) groups is 1. The van der Waals surface area contributed by atoms with Crippen LogP contribution in [0.4, 0.5) is 11.4 Å². The third-order valence-electron chi connectivity index (χ3n) is 4.21. The number of carbonyl (C=O) groups excluding carboxylic acids is 2. The summed E-state index contributed by atoms with van der Waals surface area (Å²) < 4.78 is 0. The molecule has 8 heteroatoms. The van der Waals surface area contributed by atoms with Crippen LogP contribution in [0.5, 0.6) is 0 Å². The molecule has 3 heterocycles. The summed E-state index contributed by atoms with van der Waals surface area (Å²) in [6, 6.07) is 10.9. The first-order valence-electron chi connectivity index (χ1n) is 7.76. The molecular weight excluding hydrogens is 372 g/mol. The predicted octanol–water partition coefficient (Wildman–Crippen LogP) is 3.32. The van der Waals surface area contributed by atoms with Crippen LogP contribution in [0, 0.1) is 0 Å². The average molecular weight is 385 g/mol. The number of fused-ring (bicyclic) bond motifs is 1. The van der Waals surface area contributed by atoms with Crippen molar-refractivity contribution >= 4 is 57.3 Å². The van der Waals surface area contributed by atoms with Gasteiger partial charge in [0.2, 0.25) is 0 Å². The topological polar surface area (TPSA) is 65.9 Å². The van der Waals surface area contributed by atoms with Gasteiger partial charge in [0.05, 0.1) is 16.2 Å². The van der Waals surface area contributed by atoms with Gasteiger partial charge in [0.25, 0.3) is 11.8 Å². The zero-order chi connectivity index (χ0) is 18.4. The van der Waals surface area contributed by atoms with E-state index in [-0.39, 0.29) is 17.0 Å². The molecule has 0 atom stereocenters. The first-order chi connectivity index (χ1) is 12.5. The number of para-hydroxylation sites is 1. The van der Waals surface area contributed by atoms with E-state index in [1.807, 2.05) is 24.3 Å². The van der Waals surface area contributed by atoms with Gasteiger partial charge in [-0.15, -0.1) is 0 Å². The second-order valence-corrected chi connectivity index (χ2v) is 7.09. The lowest BCUT2D eigenvalue weighted by atomic mass is 10.1. The summed E-state index contributed by atoms with van der Waals surface area (Å²) in [5.74, 6) is -0.460. The molecule has 0 N–H and O–H groups in total. The number of carbonyl (C=O) groups is 2. The van der Waals surface area contributed by atoms with E-state index in [2.05, 4.69) is 9.98 Å². The number of anilines is 1. The van der Waals surface area contributed by atoms with Gasteiger partial charge in [0, 0.05) is 25.9 Å². The van der Waals surface area contributed by atoms with Crippen molar-refractivity contribution in [3.63, 3.8) is 0 Å². The van der Waals surface area contributed by atoms with Gasteiger partial charge >= 0.3 is 0 Å². The molecule has 4 rings (SSSR count). The zero-order valence-electron chi connectivity index (χ0n) is 13.9. The number of aromatic nitrogens is 1. The lowest BCUT2D eigenvalue weighted by molar-refractivity contribution is -0.121. The van der Waals surface area contributed by atoms with Crippen molar-refractivity contribution in [2.75, 3.05) is 19.0 Å². The van der Waals surface area contributed by atoms with Gasteiger partial charge in [-0.25, -0.2) is 9.98 Å². The van der Waals surface area contributed by atoms with Crippen LogP contribution in [-0.2, 0) is 9.59 Å². The minimum absolute atomic E-state index is 0.198. The third-order valence-corrected chi connectivity index (χ3v) is 5.64. The largest absolute Gasteiger partial charge is 0.311 e. The van der Waals surface area contributed by atoms with Crippen molar-refractivity contribution in [2.45, 2.75) is 0 Å². The highest BCUT2D eigenvalue weighted by molar-refractivity contribution is 8.18. The smallest absolute Gasteiger partial charge is 0.267 e. The van der Waals surface area contributed by atoms with Gasteiger partial charge in [0.1, 0.15) is 5.69 Å². The fourth-order valence-electron chi connectivity index (χ4n) is 2.85. The molecule has 1 fully saturated rings. The Morgan fingerprint density at radius 3 is 2.58 bits per heavy atom. The Bertz CT molecular complexity index is 1020. The van der Waals surface area contributed by atoms with Crippen molar-refractivity contribution in [1.82, 2.24) is 9.88 Å². The molecule has 2 aromatic rings. The van der Waals surface area contributed by atoms with Crippen LogP contribution in [0.25, 0.3) is 5.57 Å². The molecule has 1 aromatic carbocycles. The van der Waals surface area contributed by atoms with Crippen LogP contribution in [-0.4, -0.2) is 41.0 Å². The predicted molar refractivity (Wildman–Crippen MR) is 103 cm³/mol. The lowest BCUT2D eigenvalue weighted by Gasteiger charge is -2.08. The second kappa shape index (κ2) is 6.26. The van der Waals surface area contributed by atoms with E-state index in [9.17, 15) is 9.59 Å². The van der Waals surface area contributed by atoms with Crippen molar-refractivity contribution in [3.05, 3.63) is 58.2 Å².